The van der Waals surface area contributed by atoms with E-state index in [2.05, 4.69) is 5.32 Å². The average Bonchev–Trinajstić information content (AvgIpc) is 2.96. The predicted octanol–water partition coefficient (Wildman–Crippen LogP) is 0.823. The van der Waals surface area contributed by atoms with Crippen LogP contribution in [0.4, 0.5) is 0 Å². The van der Waals surface area contributed by atoms with E-state index in [1.807, 2.05) is 4.90 Å². The van der Waals surface area contributed by atoms with Crippen LogP contribution in [-0.4, -0.2) is 59.6 Å². The van der Waals surface area contributed by atoms with Crippen molar-refractivity contribution in [3.63, 3.8) is 0 Å². The maximum atomic E-state index is 12.6. The molecule has 7 heteroatoms. The fraction of sp³-hybridized carbons (Fsp3) is 0.500. The van der Waals surface area contributed by atoms with Gasteiger partial charge in [-0.15, -0.1) is 0 Å². The lowest BCUT2D eigenvalue weighted by Gasteiger charge is -2.31. The number of ether oxygens (including phenoxy) is 1. The summed E-state index contributed by atoms with van der Waals surface area (Å²) >= 11 is 0. The molecular formula is C18H22N2O5. The molecule has 2 aliphatic heterocycles. The summed E-state index contributed by atoms with van der Waals surface area (Å²) in [4.78, 5) is 37.6. The zero-order chi connectivity index (χ0) is 17.8. The molecule has 3 rings (SSSR count). The van der Waals surface area contributed by atoms with Crippen LogP contribution in [0.2, 0.25) is 0 Å². The number of hydrogen-bond donors (Lipinski definition) is 2. The van der Waals surface area contributed by atoms with Crippen LogP contribution in [0.25, 0.3) is 0 Å². The number of aliphatic carboxylic acids is 1. The van der Waals surface area contributed by atoms with Gasteiger partial charge >= 0.3 is 5.97 Å². The third kappa shape index (κ3) is 4.17. The first-order chi connectivity index (χ1) is 12.0. The number of carboxylic acids is 1. The first-order valence-corrected chi connectivity index (χ1v) is 8.54. The van der Waals surface area contributed by atoms with Crippen LogP contribution in [0, 0.1) is 0 Å². The van der Waals surface area contributed by atoms with Gasteiger partial charge in [0.25, 0.3) is 5.91 Å². The number of hydrogen-bond acceptors (Lipinski definition) is 4. The Hall–Kier alpha value is -2.41. The van der Waals surface area contributed by atoms with E-state index in [0.717, 1.165) is 12.8 Å². The highest BCUT2D eigenvalue weighted by molar-refractivity contribution is 5.98. The number of benzene rings is 1. The van der Waals surface area contributed by atoms with Crippen molar-refractivity contribution < 1.29 is 24.2 Å². The second-order valence-corrected chi connectivity index (χ2v) is 6.46. The molecule has 134 valence electrons. The van der Waals surface area contributed by atoms with E-state index in [4.69, 9.17) is 9.84 Å². The van der Waals surface area contributed by atoms with Gasteiger partial charge in [0.2, 0.25) is 5.91 Å². The van der Waals surface area contributed by atoms with Gasteiger partial charge in [-0.25, -0.2) is 0 Å². The average molecular weight is 346 g/mol. The first-order valence-electron chi connectivity index (χ1n) is 8.54. The van der Waals surface area contributed by atoms with Crippen molar-refractivity contribution in [2.75, 3.05) is 19.8 Å². The molecule has 0 bridgehead atoms. The Labute approximate surface area is 146 Å². The van der Waals surface area contributed by atoms with Crippen molar-refractivity contribution >= 4 is 17.8 Å². The largest absolute Gasteiger partial charge is 0.481 e. The quantitative estimate of drug-likeness (QED) is 0.823. The molecule has 0 spiro atoms. The summed E-state index contributed by atoms with van der Waals surface area (Å²) in [6.45, 7) is 1.98. The molecule has 2 saturated heterocycles. The second-order valence-electron chi connectivity index (χ2n) is 6.46. The van der Waals surface area contributed by atoms with Crippen molar-refractivity contribution in [1.82, 2.24) is 10.2 Å². The lowest BCUT2D eigenvalue weighted by Crippen LogP contribution is -2.46. The van der Waals surface area contributed by atoms with E-state index in [1.165, 1.54) is 0 Å². The summed E-state index contributed by atoms with van der Waals surface area (Å²) in [6, 6.07) is 6.17. The van der Waals surface area contributed by atoms with Gasteiger partial charge in [-0.3, -0.25) is 14.4 Å². The summed E-state index contributed by atoms with van der Waals surface area (Å²) in [5, 5.41) is 11.6. The minimum absolute atomic E-state index is 0.0399. The molecule has 2 heterocycles. The van der Waals surface area contributed by atoms with Gasteiger partial charge in [-0.05, 0) is 37.0 Å². The van der Waals surface area contributed by atoms with E-state index >= 15 is 0 Å². The molecule has 2 amide bonds. The van der Waals surface area contributed by atoms with E-state index in [9.17, 15) is 14.4 Å². The Balaban J connectivity index is 1.61. The monoisotopic (exact) mass is 346 g/mol. The number of nitrogens with zero attached hydrogens (tertiary/aromatic N) is 1. The van der Waals surface area contributed by atoms with Crippen molar-refractivity contribution in [2.24, 2.45) is 0 Å². The van der Waals surface area contributed by atoms with Gasteiger partial charge in [0.15, 0.2) is 0 Å². The Morgan fingerprint density at radius 2 is 2.00 bits per heavy atom. The van der Waals surface area contributed by atoms with Gasteiger partial charge < -0.3 is 20.1 Å². The van der Waals surface area contributed by atoms with Gasteiger partial charge in [-0.2, -0.15) is 0 Å². The fourth-order valence-electron chi connectivity index (χ4n) is 3.43. The normalized spacial score (nSPS) is 21.4. The molecule has 25 heavy (non-hydrogen) atoms. The molecule has 0 aromatic heterocycles. The van der Waals surface area contributed by atoms with Crippen molar-refractivity contribution in [3.8, 4) is 0 Å². The highest BCUT2D eigenvalue weighted by Gasteiger charge is 2.37. The maximum Gasteiger partial charge on any atom is 0.307 e. The number of amides is 2. The summed E-state index contributed by atoms with van der Waals surface area (Å²) < 4.78 is 5.33. The zero-order valence-corrected chi connectivity index (χ0v) is 13.9. The third-order valence-corrected chi connectivity index (χ3v) is 4.72. The number of carboxylic acid groups (broad SMARTS) is 1. The minimum atomic E-state index is -0.948. The van der Waals surface area contributed by atoms with Gasteiger partial charge in [0.05, 0.1) is 6.42 Å². The van der Waals surface area contributed by atoms with Crippen LogP contribution in [0.1, 0.15) is 35.2 Å². The molecule has 1 aromatic carbocycles. The number of carbonyl (C=O) groups is 3. The van der Waals surface area contributed by atoms with Crippen molar-refractivity contribution in [3.05, 3.63) is 35.4 Å². The van der Waals surface area contributed by atoms with Crippen LogP contribution in [-0.2, 0) is 20.7 Å². The van der Waals surface area contributed by atoms with Crippen LogP contribution in [0.15, 0.2) is 24.3 Å². The molecule has 1 unspecified atom stereocenters. The molecule has 2 fully saturated rings. The molecular weight excluding hydrogens is 324 g/mol. The molecule has 0 radical (unpaired) electrons. The molecule has 2 aliphatic rings. The molecule has 1 aromatic rings. The van der Waals surface area contributed by atoms with Crippen LogP contribution in [0.5, 0.6) is 0 Å². The lowest BCUT2D eigenvalue weighted by molar-refractivity contribution is -0.136. The molecule has 0 aliphatic carbocycles. The summed E-state index contributed by atoms with van der Waals surface area (Å²) in [5.41, 5.74) is 0.929. The summed E-state index contributed by atoms with van der Waals surface area (Å²) in [5.74, 6) is -1.34. The molecule has 7 nitrogen and oxygen atoms in total. The number of carbonyl (C=O) groups excluding carboxylic acids is 2. The van der Waals surface area contributed by atoms with Crippen LogP contribution >= 0.6 is 0 Å². The Bertz CT molecular complexity index is 669. The van der Waals surface area contributed by atoms with Gasteiger partial charge in [-0.1, -0.05) is 12.1 Å². The molecule has 1 atom stereocenters. The van der Waals surface area contributed by atoms with E-state index in [-0.39, 0.29) is 24.3 Å². The van der Waals surface area contributed by atoms with Crippen LogP contribution in [0.3, 0.4) is 0 Å². The van der Waals surface area contributed by atoms with E-state index in [1.54, 1.807) is 24.3 Å². The number of likely N-dealkylation sites (tertiary alicyclic amines) is 1. The summed E-state index contributed by atoms with van der Waals surface area (Å²) in [6.07, 6.45) is 2.13. The minimum Gasteiger partial charge on any atom is -0.481 e. The number of rotatable bonds is 5. The third-order valence-electron chi connectivity index (χ3n) is 4.72. The standard InChI is InChI=1S/C18H22N2O5/c21-16(22)11-12-2-1-3-13(10-12)17(23)19-15-4-7-20(18(15)24)14-5-8-25-9-6-14/h1-3,10,14-15H,4-9,11H2,(H,19,23)(H,21,22). The number of nitrogens with one attached hydrogen (secondary N) is 1. The maximum absolute atomic E-state index is 12.6. The Kier molecular flexibility index (Phi) is 5.33. The Morgan fingerprint density at radius 3 is 2.72 bits per heavy atom. The topological polar surface area (TPSA) is 95.9 Å². The van der Waals surface area contributed by atoms with Gasteiger partial charge in [0, 0.05) is 31.4 Å². The van der Waals surface area contributed by atoms with E-state index in [0.29, 0.717) is 37.3 Å². The SMILES string of the molecule is O=C(O)Cc1cccc(C(=O)NC2CCN(C3CCOCC3)C2=O)c1. The lowest BCUT2D eigenvalue weighted by atomic mass is 10.1. The molecule has 0 saturated carbocycles. The first kappa shape index (κ1) is 17.4. The smallest absolute Gasteiger partial charge is 0.307 e. The van der Waals surface area contributed by atoms with Crippen LogP contribution < -0.4 is 5.32 Å². The van der Waals surface area contributed by atoms with Crippen molar-refractivity contribution in [1.29, 1.82) is 0 Å². The van der Waals surface area contributed by atoms with Gasteiger partial charge in [0.1, 0.15) is 6.04 Å². The summed E-state index contributed by atoms with van der Waals surface area (Å²) in [7, 11) is 0. The molecule has 2 N–H and O–H groups in total. The zero-order valence-electron chi connectivity index (χ0n) is 13.9. The fourth-order valence-corrected chi connectivity index (χ4v) is 3.43. The highest BCUT2D eigenvalue weighted by Crippen LogP contribution is 2.21. The van der Waals surface area contributed by atoms with Crippen molar-refractivity contribution in [2.45, 2.75) is 37.8 Å². The Morgan fingerprint density at radius 1 is 1.24 bits per heavy atom. The predicted molar refractivity (Wildman–Crippen MR) is 89.2 cm³/mol. The highest BCUT2D eigenvalue weighted by atomic mass is 16.5. The second kappa shape index (κ2) is 7.65. The van der Waals surface area contributed by atoms with E-state index < -0.39 is 12.0 Å².